The number of aromatic amines is 1. The zero-order valence-corrected chi connectivity index (χ0v) is 15.1. The third-order valence-electron chi connectivity index (χ3n) is 4.28. The van der Waals surface area contributed by atoms with Crippen molar-refractivity contribution >= 4 is 11.8 Å². The zero-order chi connectivity index (χ0) is 21.1. The van der Waals surface area contributed by atoms with Gasteiger partial charge in [0.25, 0.3) is 5.56 Å². The highest BCUT2D eigenvalue weighted by Gasteiger charge is 2.36. The normalized spacial score (nSPS) is 21.0. The summed E-state index contributed by atoms with van der Waals surface area (Å²) in [6.07, 6.45) is -2.76. The number of H-pyrrole nitrogens is 1. The number of aryl methyl sites for hydroxylation is 1. The molecule has 0 spiro atoms. The monoisotopic (exact) mass is 407 g/mol. The molecule has 1 aliphatic heterocycles. The highest BCUT2D eigenvalue weighted by molar-refractivity contribution is 5.66. The van der Waals surface area contributed by atoms with Gasteiger partial charge in [-0.3, -0.25) is 24.5 Å². The Kier molecular flexibility index (Phi) is 5.75. The zero-order valence-electron chi connectivity index (χ0n) is 15.1. The van der Waals surface area contributed by atoms with E-state index < -0.39 is 53.1 Å². The van der Waals surface area contributed by atoms with E-state index in [1.165, 1.54) is 37.4 Å². The summed E-state index contributed by atoms with van der Waals surface area (Å²) in [5.74, 6) is -0.288. The summed E-state index contributed by atoms with van der Waals surface area (Å²) in [6, 6.07) is 5.27. The van der Waals surface area contributed by atoms with Gasteiger partial charge < -0.3 is 19.3 Å². The first kappa shape index (κ1) is 20.2. The predicted octanol–water partition coefficient (Wildman–Crippen LogP) is 0.617. The Morgan fingerprint density at radius 2 is 2.14 bits per heavy atom. The Morgan fingerprint density at radius 1 is 1.41 bits per heavy atom. The maximum atomic E-state index is 11.9. The molecule has 12 nitrogen and oxygen atoms in total. The molecule has 0 unspecified atom stereocenters. The van der Waals surface area contributed by atoms with Crippen LogP contribution in [0.2, 0.25) is 0 Å². The molecule has 154 valence electrons. The van der Waals surface area contributed by atoms with Gasteiger partial charge in [-0.15, -0.1) is 0 Å². The quantitative estimate of drug-likeness (QED) is 0.313. The lowest BCUT2D eigenvalue weighted by atomic mass is 10.2. The molecule has 29 heavy (non-hydrogen) atoms. The van der Waals surface area contributed by atoms with Crippen molar-refractivity contribution in [2.24, 2.45) is 0 Å². The van der Waals surface area contributed by atoms with Crippen molar-refractivity contribution < 1.29 is 29.0 Å². The first-order chi connectivity index (χ1) is 13.8. The lowest BCUT2D eigenvalue weighted by molar-refractivity contribution is -0.385. The van der Waals surface area contributed by atoms with Crippen LogP contribution in [0.5, 0.6) is 5.75 Å². The number of aliphatic hydroxyl groups is 1. The van der Waals surface area contributed by atoms with Crippen LogP contribution >= 0.6 is 0 Å². The number of nitro groups is 1. The van der Waals surface area contributed by atoms with Gasteiger partial charge in [0.15, 0.2) is 0 Å². The second kappa shape index (κ2) is 8.24. The van der Waals surface area contributed by atoms with Crippen molar-refractivity contribution in [3.05, 3.63) is 67.0 Å². The molecule has 0 bridgehead atoms. The molecule has 1 saturated heterocycles. The Bertz CT molecular complexity index is 1040. The van der Waals surface area contributed by atoms with Crippen LogP contribution in [0.25, 0.3) is 0 Å². The van der Waals surface area contributed by atoms with Crippen LogP contribution in [-0.2, 0) is 9.47 Å². The number of rotatable bonds is 5. The molecule has 1 aromatic carbocycles. The summed E-state index contributed by atoms with van der Waals surface area (Å²) in [4.78, 5) is 47.6. The van der Waals surface area contributed by atoms with Gasteiger partial charge in [0.2, 0.25) is 5.75 Å². The molecule has 3 rings (SSSR count). The second-order valence-electron chi connectivity index (χ2n) is 6.30. The fourth-order valence-corrected chi connectivity index (χ4v) is 2.80. The van der Waals surface area contributed by atoms with Crippen LogP contribution in [0.3, 0.4) is 0 Å². The first-order valence-corrected chi connectivity index (χ1v) is 8.50. The van der Waals surface area contributed by atoms with E-state index in [0.29, 0.717) is 0 Å². The van der Waals surface area contributed by atoms with Crippen molar-refractivity contribution in [2.75, 3.05) is 6.61 Å². The van der Waals surface area contributed by atoms with Gasteiger partial charge in [-0.2, -0.15) is 0 Å². The maximum absolute atomic E-state index is 11.9. The highest BCUT2D eigenvalue weighted by atomic mass is 16.7. The lowest BCUT2D eigenvalue weighted by Gasteiger charge is -2.16. The van der Waals surface area contributed by atoms with Crippen molar-refractivity contribution in [3.8, 4) is 5.75 Å². The second-order valence-corrected chi connectivity index (χ2v) is 6.30. The molecule has 2 aromatic rings. The number of aliphatic hydroxyl groups excluding tert-OH is 1. The third-order valence-corrected chi connectivity index (χ3v) is 4.28. The van der Waals surface area contributed by atoms with E-state index in [1.54, 1.807) is 0 Å². The van der Waals surface area contributed by atoms with E-state index >= 15 is 0 Å². The van der Waals surface area contributed by atoms with Gasteiger partial charge in [-0.25, -0.2) is 9.59 Å². The molecule has 1 aliphatic rings. The molecule has 12 heteroatoms. The standard InChI is InChI=1S/C17H17N3O9/c1-9-7-19(16(23)18-15(9)22)14-6-11(21)13(28-14)8-27-17(24)29-12-5-3-2-4-10(12)20(25)26/h2-5,7,11,13-14,21H,6,8H2,1H3,(H,18,22,23)/t11-,13+,14+/m0/s1. The maximum Gasteiger partial charge on any atom is 0.514 e. The van der Waals surface area contributed by atoms with Gasteiger partial charge in [0.1, 0.15) is 18.9 Å². The highest BCUT2D eigenvalue weighted by Crippen LogP contribution is 2.29. The summed E-state index contributed by atoms with van der Waals surface area (Å²) >= 11 is 0. The Balaban J connectivity index is 1.61. The molecule has 1 fully saturated rings. The molecule has 0 aliphatic carbocycles. The summed E-state index contributed by atoms with van der Waals surface area (Å²) in [5, 5.41) is 21.0. The fourth-order valence-electron chi connectivity index (χ4n) is 2.80. The van der Waals surface area contributed by atoms with Crippen LogP contribution in [0.4, 0.5) is 10.5 Å². The van der Waals surface area contributed by atoms with Gasteiger partial charge >= 0.3 is 17.5 Å². The minimum Gasteiger partial charge on any atom is -0.431 e. The van der Waals surface area contributed by atoms with Crippen LogP contribution in [0.1, 0.15) is 18.2 Å². The minimum atomic E-state index is -1.21. The average Bonchev–Trinajstić information content (AvgIpc) is 3.03. The summed E-state index contributed by atoms with van der Waals surface area (Å²) in [7, 11) is 0. The predicted molar refractivity (Wildman–Crippen MR) is 95.7 cm³/mol. The molecular weight excluding hydrogens is 390 g/mol. The van der Waals surface area contributed by atoms with Crippen molar-refractivity contribution in [1.82, 2.24) is 9.55 Å². The van der Waals surface area contributed by atoms with Crippen LogP contribution in [0, 0.1) is 17.0 Å². The van der Waals surface area contributed by atoms with E-state index in [1.807, 2.05) is 0 Å². The lowest BCUT2D eigenvalue weighted by Crippen LogP contribution is -2.33. The van der Waals surface area contributed by atoms with E-state index in [2.05, 4.69) is 4.98 Å². The summed E-state index contributed by atoms with van der Waals surface area (Å²) < 4.78 is 16.4. The Hall–Kier alpha value is -3.51. The Labute approximate surface area is 162 Å². The summed E-state index contributed by atoms with van der Waals surface area (Å²) in [6.45, 7) is 1.10. The van der Waals surface area contributed by atoms with Crippen LogP contribution in [-0.4, -0.2) is 44.6 Å². The van der Waals surface area contributed by atoms with E-state index in [9.17, 15) is 29.6 Å². The van der Waals surface area contributed by atoms with Gasteiger partial charge in [-0.1, -0.05) is 12.1 Å². The number of benzene rings is 1. The van der Waals surface area contributed by atoms with Crippen molar-refractivity contribution in [1.29, 1.82) is 0 Å². The first-order valence-electron chi connectivity index (χ1n) is 8.50. The van der Waals surface area contributed by atoms with Gasteiger partial charge in [0.05, 0.1) is 11.0 Å². The fraction of sp³-hybridized carbons (Fsp3) is 0.353. The van der Waals surface area contributed by atoms with Gasteiger partial charge in [0, 0.05) is 24.2 Å². The number of hydrogen-bond donors (Lipinski definition) is 2. The van der Waals surface area contributed by atoms with Crippen molar-refractivity contribution in [2.45, 2.75) is 31.8 Å². The molecular formula is C17H17N3O9. The average molecular weight is 407 g/mol. The smallest absolute Gasteiger partial charge is 0.431 e. The van der Waals surface area contributed by atoms with E-state index in [0.717, 1.165) is 4.57 Å². The minimum absolute atomic E-state index is 0.0264. The number of hydrogen-bond acceptors (Lipinski definition) is 9. The van der Waals surface area contributed by atoms with Crippen LogP contribution < -0.4 is 16.0 Å². The number of ether oxygens (including phenoxy) is 3. The number of nitrogens with one attached hydrogen (secondary N) is 1. The van der Waals surface area contributed by atoms with E-state index in [4.69, 9.17) is 14.2 Å². The molecule has 1 aromatic heterocycles. The number of nitrogens with zero attached hydrogens (tertiary/aromatic N) is 2. The number of carbonyl (C=O) groups excluding carboxylic acids is 1. The molecule has 2 heterocycles. The number of aromatic nitrogens is 2. The number of carbonyl (C=O) groups is 1. The molecule has 0 saturated carbocycles. The topological polar surface area (TPSA) is 163 Å². The largest absolute Gasteiger partial charge is 0.514 e. The SMILES string of the molecule is Cc1cn([C@H]2C[C@H](O)[C@@H](COC(=O)Oc3ccccc3[N+](=O)[O-])O2)c(=O)[nH]c1=O. The van der Waals surface area contributed by atoms with E-state index in [-0.39, 0.29) is 17.7 Å². The molecule has 3 atom stereocenters. The van der Waals surface area contributed by atoms with Crippen molar-refractivity contribution in [3.63, 3.8) is 0 Å². The summed E-state index contributed by atoms with van der Waals surface area (Å²) in [5.41, 5.74) is -1.34. The molecule has 0 amide bonds. The van der Waals surface area contributed by atoms with Gasteiger partial charge in [-0.05, 0) is 13.0 Å². The van der Waals surface area contributed by atoms with Crippen LogP contribution in [0.15, 0.2) is 40.1 Å². The molecule has 0 radical (unpaired) electrons. The Morgan fingerprint density at radius 3 is 2.86 bits per heavy atom. The number of nitro benzene ring substituents is 1. The molecule has 2 N–H and O–H groups in total. The third kappa shape index (κ3) is 4.50. The number of para-hydroxylation sites is 2.